The molecule has 2 heteroatoms. The van der Waals surface area contributed by atoms with Crippen molar-refractivity contribution in [2.45, 2.75) is 19.5 Å². The Morgan fingerprint density at radius 3 is 2.55 bits per heavy atom. The molecule has 2 nitrogen and oxygen atoms in total. The maximum absolute atomic E-state index is 5.67. The van der Waals surface area contributed by atoms with Gasteiger partial charge in [-0.1, -0.05) is 61.2 Å². The van der Waals surface area contributed by atoms with E-state index in [0.717, 1.165) is 17.9 Å². The van der Waals surface area contributed by atoms with E-state index in [9.17, 15) is 0 Å². The van der Waals surface area contributed by atoms with E-state index in [-0.39, 0.29) is 0 Å². The predicted octanol–water partition coefficient (Wildman–Crippen LogP) is 4.10. The Bertz CT molecular complexity index is 536. The van der Waals surface area contributed by atoms with E-state index in [0.29, 0.717) is 12.6 Å². The van der Waals surface area contributed by atoms with Crippen LogP contribution in [0.3, 0.4) is 0 Å². The zero-order chi connectivity index (χ0) is 14.2. The minimum atomic E-state index is 0.309. The van der Waals surface area contributed by atoms with Crippen molar-refractivity contribution < 1.29 is 4.74 Å². The third-order valence-electron chi connectivity index (χ3n) is 3.23. The van der Waals surface area contributed by atoms with Gasteiger partial charge in [0, 0.05) is 18.2 Å². The molecule has 0 amide bonds. The van der Waals surface area contributed by atoms with E-state index in [2.05, 4.69) is 49.2 Å². The third kappa shape index (κ3) is 3.97. The van der Waals surface area contributed by atoms with Crippen molar-refractivity contribution in [3.8, 4) is 5.75 Å². The molecule has 0 heterocycles. The summed E-state index contributed by atoms with van der Waals surface area (Å²) in [6, 6.07) is 18.8. The molecule has 104 valence electrons. The summed E-state index contributed by atoms with van der Waals surface area (Å²) in [5.74, 6) is 0.917. The van der Waals surface area contributed by atoms with Crippen molar-refractivity contribution in [1.82, 2.24) is 5.32 Å². The fourth-order valence-corrected chi connectivity index (χ4v) is 2.06. The highest BCUT2D eigenvalue weighted by molar-refractivity contribution is 5.33. The van der Waals surface area contributed by atoms with Crippen molar-refractivity contribution in [3.05, 3.63) is 78.4 Å². The number of nitrogens with one attached hydrogen (secondary N) is 1. The van der Waals surface area contributed by atoms with Crippen molar-refractivity contribution in [2.75, 3.05) is 6.61 Å². The Kier molecular flexibility index (Phi) is 5.39. The molecule has 0 unspecified atom stereocenters. The second-order valence-electron chi connectivity index (χ2n) is 4.72. The molecule has 0 spiro atoms. The predicted molar refractivity (Wildman–Crippen MR) is 83.8 cm³/mol. The summed E-state index contributed by atoms with van der Waals surface area (Å²) in [5.41, 5.74) is 2.45. The smallest absolute Gasteiger partial charge is 0.124 e. The quantitative estimate of drug-likeness (QED) is 0.762. The molecule has 20 heavy (non-hydrogen) atoms. The molecule has 0 saturated heterocycles. The highest BCUT2D eigenvalue weighted by Gasteiger charge is 2.06. The minimum Gasteiger partial charge on any atom is -0.489 e. The van der Waals surface area contributed by atoms with Gasteiger partial charge in [0.25, 0.3) is 0 Å². The first-order valence-corrected chi connectivity index (χ1v) is 6.91. The van der Waals surface area contributed by atoms with Gasteiger partial charge in [0.2, 0.25) is 0 Å². The summed E-state index contributed by atoms with van der Waals surface area (Å²) < 4.78 is 5.67. The Morgan fingerprint density at radius 1 is 1.10 bits per heavy atom. The number of hydrogen-bond donors (Lipinski definition) is 1. The summed E-state index contributed by atoms with van der Waals surface area (Å²) in [6.45, 7) is 7.16. The van der Waals surface area contributed by atoms with Gasteiger partial charge in [-0.25, -0.2) is 0 Å². The fraction of sp³-hybridized carbons (Fsp3) is 0.222. The number of benzene rings is 2. The van der Waals surface area contributed by atoms with Gasteiger partial charge in [0.15, 0.2) is 0 Å². The highest BCUT2D eigenvalue weighted by Crippen LogP contribution is 2.19. The SMILES string of the molecule is C=CCOc1ccccc1CN[C@@H](C)c1ccccc1. The largest absolute Gasteiger partial charge is 0.489 e. The molecule has 1 atom stereocenters. The summed E-state index contributed by atoms with van der Waals surface area (Å²) in [6.07, 6.45) is 1.76. The molecule has 0 fully saturated rings. The molecule has 1 N–H and O–H groups in total. The van der Waals surface area contributed by atoms with Gasteiger partial charge < -0.3 is 10.1 Å². The Hall–Kier alpha value is -2.06. The molecule has 0 aromatic heterocycles. The van der Waals surface area contributed by atoms with Crippen LogP contribution in [0.4, 0.5) is 0 Å². The maximum Gasteiger partial charge on any atom is 0.124 e. The van der Waals surface area contributed by atoms with Crippen molar-refractivity contribution >= 4 is 0 Å². The summed E-state index contributed by atoms with van der Waals surface area (Å²) in [5, 5.41) is 3.53. The van der Waals surface area contributed by atoms with Gasteiger partial charge in [0.1, 0.15) is 12.4 Å². The van der Waals surface area contributed by atoms with Crippen LogP contribution in [-0.2, 0) is 6.54 Å². The lowest BCUT2D eigenvalue weighted by Crippen LogP contribution is -2.18. The lowest BCUT2D eigenvalue weighted by Gasteiger charge is -2.16. The molecule has 2 rings (SSSR count). The standard InChI is InChI=1S/C18H21NO/c1-3-13-20-18-12-8-7-11-17(18)14-19-15(2)16-9-5-4-6-10-16/h3-12,15,19H,1,13-14H2,2H3/t15-/m0/s1. The van der Waals surface area contributed by atoms with E-state index in [1.54, 1.807) is 6.08 Å². The van der Waals surface area contributed by atoms with Crippen LogP contribution in [-0.4, -0.2) is 6.61 Å². The lowest BCUT2D eigenvalue weighted by molar-refractivity contribution is 0.357. The van der Waals surface area contributed by atoms with Gasteiger partial charge in [0.05, 0.1) is 0 Å². The van der Waals surface area contributed by atoms with Crippen LogP contribution in [0.1, 0.15) is 24.1 Å². The molecule has 0 aliphatic carbocycles. The zero-order valence-corrected chi connectivity index (χ0v) is 11.9. The monoisotopic (exact) mass is 267 g/mol. The molecular formula is C18H21NO. The van der Waals surface area contributed by atoms with Gasteiger partial charge in [-0.05, 0) is 18.6 Å². The minimum absolute atomic E-state index is 0.309. The van der Waals surface area contributed by atoms with Crippen LogP contribution in [0, 0.1) is 0 Å². The van der Waals surface area contributed by atoms with Crippen molar-refractivity contribution in [2.24, 2.45) is 0 Å². The number of para-hydroxylation sites is 1. The van der Waals surface area contributed by atoms with Crippen LogP contribution >= 0.6 is 0 Å². The third-order valence-corrected chi connectivity index (χ3v) is 3.23. The molecular weight excluding hydrogens is 246 g/mol. The molecule has 0 aliphatic heterocycles. The summed E-state index contributed by atoms with van der Waals surface area (Å²) in [4.78, 5) is 0. The topological polar surface area (TPSA) is 21.3 Å². The van der Waals surface area contributed by atoms with Crippen LogP contribution in [0.2, 0.25) is 0 Å². The maximum atomic E-state index is 5.67. The van der Waals surface area contributed by atoms with E-state index in [1.165, 1.54) is 5.56 Å². The summed E-state index contributed by atoms with van der Waals surface area (Å²) >= 11 is 0. The second-order valence-corrected chi connectivity index (χ2v) is 4.72. The van der Waals surface area contributed by atoms with Gasteiger partial charge in [-0.3, -0.25) is 0 Å². The van der Waals surface area contributed by atoms with Gasteiger partial charge >= 0.3 is 0 Å². The van der Waals surface area contributed by atoms with Crippen LogP contribution in [0.5, 0.6) is 5.75 Å². The molecule has 0 aliphatic rings. The summed E-state index contributed by atoms with van der Waals surface area (Å²) in [7, 11) is 0. The van der Waals surface area contributed by atoms with E-state index in [4.69, 9.17) is 4.74 Å². The lowest BCUT2D eigenvalue weighted by atomic mass is 10.1. The normalized spacial score (nSPS) is 11.8. The molecule has 2 aromatic carbocycles. The highest BCUT2D eigenvalue weighted by atomic mass is 16.5. The average molecular weight is 267 g/mol. The van der Waals surface area contributed by atoms with Crippen LogP contribution in [0.15, 0.2) is 67.3 Å². The first-order chi connectivity index (χ1) is 9.81. The number of rotatable bonds is 7. The molecule has 0 saturated carbocycles. The van der Waals surface area contributed by atoms with Gasteiger partial charge in [-0.15, -0.1) is 0 Å². The van der Waals surface area contributed by atoms with Crippen molar-refractivity contribution in [1.29, 1.82) is 0 Å². The van der Waals surface area contributed by atoms with Gasteiger partial charge in [-0.2, -0.15) is 0 Å². The molecule has 2 aromatic rings. The average Bonchev–Trinajstić information content (AvgIpc) is 2.52. The molecule has 0 bridgehead atoms. The fourth-order valence-electron chi connectivity index (χ4n) is 2.06. The Morgan fingerprint density at radius 2 is 1.80 bits per heavy atom. The van der Waals surface area contributed by atoms with Crippen LogP contribution in [0.25, 0.3) is 0 Å². The Labute approximate surface area is 121 Å². The van der Waals surface area contributed by atoms with Crippen molar-refractivity contribution in [3.63, 3.8) is 0 Å². The second kappa shape index (κ2) is 7.51. The Balaban J connectivity index is 1.98. The number of ether oxygens (including phenoxy) is 1. The van der Waals surface area contributed by atoms with Crippen LogP contribution < -0.4 is 10.1 Å². The number of hydrogen-bond acceptors (Lipinski definition) is 2. The zero-order valence-electron chi connectivity index (χ0n) is 11.9. The molecule has 0 radical (unpaired) electrons. The first kappa shape index (κ1) is 14.4. The van der Waals surface area contributed by atoms with E-state index in [1.807, 2.05) is 24.3 Å². The van der Waals surface area contributed by atoms with E-state index >= 15 is 0 Å². The first-order valence-electron chi connectivity index (χ1n) is 6.91. The van der Waals surface area contributed by atoms with E-state index < -0.39 is 0 Å².